The van der Waals surface area contributed by atoms with Gasteiger partial charge in [0.05, 0.1) is 13.2 Å². The summed E-state index contributed by atoms with van der Waals surface area (Å²) in [5.41, 5.74) is 3.29. The van der Waals surface area contributed by atoms with E-state index in [0.717, 1.165) is 28.8 Å². The average molecular weight is 336 g/mol. The fraction of sp³-hybridized carbons (Fsp3) is 0.286. The first kappa shape index (κ1) is 17.1. The molecule has 0 spiro atoms. The van der Waals surface area contributed by atoms with Crippen LogP contribution in [0.15, 0.2) is 54.7 Å². The van der Waals surface area contributed by atoms with Gasteiger partial charge < -0.3 is 15.0 Å². The Morgan fingerprint density at radius 3 is 2.72 bits per heavy atom. The second-order valence-corrected chi connectivity index (χ2v) is 6.13. The molecule has 0 saturated carbocycles. The molecule has 1 heterocycles. The Morgan fingerprint density at radius 1 is 1.16 bits per heavy atom. The maximum atomic E-state index is 12.5. The highest BCUT2D eigenvalue weighted by Gasteiger charge is 2.16. The number of amides is 1. The molecule has 3 aromatic rings. The smallest absolute Gasteiger partial charge is 0.220 e. The molecule has 3 rings (SSSR count). The first-order chi connectivity index (χ1) is 12.2. The van der Waals surface area contributed by atoms with Crippen molar-refractivity contribution in [1.82, 2.24) is 10.3 Å². The van der Waals surface area contributed by atoms with Crippen molar-refractivity contribution in [1.29, 1.82) is 0 Å². The van der Waals surface area contributed by atoms with Gasteiger partial charge in [-0.05, 0) is 36.1 Å². The lowest BCUT2D eigenvalue weighted by Crippen LogP contribution is -2.28. The monoisotopic (exact) mass is 336 g/mol. The van der Waals surface area contributed by atoms with Crippen LogP contribution in [0.25, 0.3) is 10.9 Å². The van der Waals surface area contributed by atoms with Crippen LogP contribution in [0.3, 0.4) is 0 Å². The molecule has 4 heteroatoms. The van der Waals surface area contributed by atoms with Crippen molar-refractivity contribution in [3.05, 3.63) is 65.9 Å². The van der Waals surface area contributed by atoms with Crippen molar-refractivity contribution in [2.75, 3.05) is 7.11 Å². The predicted molar refractivity (Wildman–Crippen MR) is 101 cm³/mol. The summed E-state index contributed by atoms with van der Waals surface area (Å²) < 4.78 is 5.35. The number of aromatic nitrogens is 1. The van der Waals surface area contributed by atoms with Gasteiger partial charge in [0.1, 0.15) is 5.75 Å². The van der Waals surface area contributed by atoms with Gasteiger partial charge >= 0.3 is 0 Å². The van der Waals surface area contributed by atoms with E-state index in [2.05, 4.69) is 29.4 Å². The molecule has 0 radical (unpaired) electrons. The van der Waals surface area contributed by atoms with Crippen LogP contribution in [0, 0.1) is 0 Å². The zero-order valence-corrected chi connectivity index (χ0v) is 14.7. The summed E-state index contributed by atoms with van der Waals surface area (Å²) in [5, 5.41) is 4.34. The summed E-state index contributed by atoms with van der Waals surface area (Å²) in [6, 6.07) is 16.0. The normalized spacial score (nSPS) is 12.1. The topological polar surface area (TPSA) is 54.1 Å². The predicted octanol–water partition coefficient (Wildman–Crippen LogP) is 4.38. The molecule has 1 aromatic heterocycles. The van der Waals surface area contributed by atoms with E-state index < -0.39 is 0 Å². The molecular weight excluding hydrogens is 312 g/mol. The van der Waals surface area contributed by atoms with Crippen molar-refractivity contribution in [2.45, 2.75) is 32.2 Å². The number of H-pyrrole nitrogens is 1. The third-order valence-electron chi connectivity index (χ3n) is 4.55. The number of aromatic amines is 1. The third-order valence-corrected chi connectivity index (χ3v) is 4.55. The second-order valence-electron chi connectivity index (χ2n) is 6.13. The van der Waals surface area contributed by atoms with Crippen LogP contribution in [0.1, 0.15) is 36.9 Å². The number of hydrogen-bond acceptors (Lipinski definition) is 2. The molecule has 1 unspecified atom stereocenters. The first-order valence-corrected chi connectivity index (χ1v) is 8.70. The van der Waals surface area contributed by atoms with E-state index in [-0.39, 0.29) is 11.9 Å². The molecule has 130 valence electrons. The Balaban J connectivity index is 1.66. The fourth-order valence-electron chi connectivity index (χ4n) is 3.21. The summed E-state index contributed by atoms with van der Waals surface area (Å²) in [5.74, 6) is 0.891. The molecule has 0 saturated heterocycles. The average Bonchev–Trinajstić information content (AvgIpc) is 3.08. The lowest BCUT2D eigenvalue weighted by atomic mass is 10.0. The summed E-state index contributed by atoms with van der Waals surface area (Å²) in [6.45, 7) is 2.09. The first-order valence-electron chi connectivity index (χ1n) is 8.70. The highest BCUT2D eigenvalue weighted by molar-refractivity contribution is 5.84. The van der Waals surface area contributed by atoms with E-state index in [1.807, 2.05) is 42.6 Å². The number of carbonyl (C=O) groups is 1. The standard InChI is InChI=1S/C21H24N2O2/c1-3-18(17-14-22-19-10-6-5-9-16(17)19)23-21(24)13-12-15-8-4-7-11-20(15)25-2/h4-11,14,18,22H,3,12-13H2,1-2H3,(H,23,24). The number of methoxy groups -OCH3 is 1. The molecular formula is C21H24N2O2. The van der Waals surface area contributed by atoms with E-state index >= 15 is 0 Å². The molecule has 0 aliphatic carbocycles. The number of carbonyl (C=O) groups excluding carboxylic acids is 1. The number of benzene rings is 2. The largest absolute Gasteiger partial charge is 0.496 e. The summed E-state index contributed by atoms with van der Waals surface area (Å²) in [7, 11) is 1.66. The fourth-order valence-corrected chi connectivity index (χ4v) is 3.21. The number of rotatable bonds is 7. The van der Waals surface area contributed by atoms with Crippen LogP contribution in [0.4, 0.5) is 0 Å². The molecule has 0 bridgehead atoms. The van der Waals surface area contributed by atoms with Gasteiger partial charge in [-0.25, -0.2) is 0 Å². The van der Waals surface area contributed by atoms with Crippen LogP contribution >= 0.6 is 0 Å². The molecule has 2 N–H and O–H groups in total. The molecule has 0 aliphatic rings. The molecule has 1 amide bonds. The molecule has 1 atom stereocenters. The van der Waals surface area contributed by atoms with Crippen LogP contribution < -0.4 is 10.1 Å². The molecule has 2 aromatic carbocycles. The lowest BCUT2D eigenvalue weighted by Gasteiger charge is -2.17. The number of nitrogens with one attached hydrogen (secondary N) is 2. The summed E-state index contributed by atoms with van der Waals surface area (Å²) in [4.78, 5) is 15.7. The van der Waals surface area contributed by atoms with Gasteiger partial charge in [-0.3, -0.25) is 4.79 Å². The summed E-state index contributed by atoms with van der Waals surface area (Å²) in [6.07, 6.45) is 3.96. The van der Waals surface area contributed by atoms with E-state index in [4.69, 9.17) is 4.74 Å². The van der Waals surface area contributed by atoms with E-state index in [9.17, 15) is 4.79 Å². The molecule has 25 heavy (non-hydrogen) atoms. The van der Waals surface area contributed by atoms with Gasteiger partial charge in [-0.15, -0.1) is 0 Å². The maximum absolute atomic E-state index is 12.5. The van der Waals surface area contributed by atoms with Crippen LogP contribution in [-0.2, 0) is 11.2 Å². The maximum Gasteiger partial charge on any atom is 0.220 e. The zero-order chi connectivity index (χ0) is 17.6. The van der Waals surface area contributed by atoms with Crippen molar-refractivity contribution in [3.8, 4) is 5.75 Å². The van der Waals surface area contributed by atoms with E-state index in [0.29, 0.717) is 12.8 Å². The van der Waals surface area contributed by atoms with Crippen LogP contribution in [0.5, 0.6) is 5.75 Å². The lowest BCUT2D eigenvalue weighted by molar-refractivity contribution is -0.121. The number of para-hydroxylation sites is 2. The number of fused-ring (bicyclic) bond motifs is 1. The van der Waals surface area contributed by atoms with Gasteiger partial charge in [0.2, 0.25) is 5.91 Å². The molecule has 4 nitrogen and oxygen atoms in total. The van der Waals surface area contributed by atoms with Crippen LogP contribution in [-0.4, -0.2) is 18.0 Å². The van der Waals surface area contributed by atoms with Gasteiger partial charge in [0, 0.05) is 23.5 Å². The minimum absolute atomic E-state index is 0.0151. The van der Waals surface area contributed by atoms with Crippen molar-refractivity contribution in [3.63, 3.8) is 0 Å². The SMILES string of the molecule is CCC(NC(=O)CCc1ccccc1OC)c1c[nH]c2ccccc12. The van der Waals surface area contributed by atoms with Gasteiger partial charge in [0.25, 0.3) is 0 Å². The zero-order valence-electron chi connectivity index (χ0n) is 14.7. The second kappa shape index (κ2) is 7.88. The number of hydrogen-bond donors (Lipinski definition) is 2. The van der Waals surface area contributed by atoms with Gasteiger partial charge in [0.15, 0.2) is 0 Å². The molecule has 0 aliphatic heterocycles. The highest BCUT2D eigenvalue weighted by atomic mass is 16.5. The Bertz CT molecular complexity index is 854. The Hall–Kier alpha value is -2.75. The number of ether oxygens (including phenoxy) is 1. The van der Waals surface area contributed by atoms with Gasteiger partial charge in [-0.1, -0.05) is 43.3 Å². The van der Waals surface area contributed by atoms with Crippen molar-refractivity contribution >= 4 is 16.8 Å². The van der Waals surface area contributed by atoms with E-state index in [1.54, 1.807) is 7.11 Å². The summed E-state index contributed by atoms with van der Waals surface area (Å²) >= 11 is 0. The number of aryl methyl sites for hydroxylation is 1. The van der Waals surface area contributed by atoms with Crippen molar-refractivity contribution in [2.24, 2.45) is 0 Å². The minimum Gasteiger partial charge on any atom is -0.496 e. The Kier molecular flexibility index (Phi) is 5.39. The molecule has 0 fully saturated rings. The third kappa shape index (κ3) is 3.85. The quantitative estimate of drug-likeness (QED) is 0.673. The minimum atomic E-state index is 0.0151. The highest BCUT2D eigenvalue weighted by Crippen LogP contribution is 2.26. The Labute approximate surface area is 148 Å². The van der Waals surface area contributed by atoms with Gasteiger partial charge in [-0.2, -0.15) is 0 Å². The Morgan fingerprint density at radius 2 is 1.92 bits per heavy atom. The van der Waals surface area contributed by atoms with Crippen molar-refractivity contribution < 1.29 is 9.53 Å². The van der Waals surface area contributed by atoms with E-state index in [1.165, 1.54) is 5.39 Å². The van der Waals surface area contributed by atoms with Crippen LogP contribution in [0.2, 0.25) is 0 Å².